The van der Waals surface area contributed by atoms with E-state index in [1.807, 2.05) is 57.2 Å². The molecule has 2 heterocycles. The summed E-state index contributed by atoms with van der Waals surface area (Å²) in [6.45, 7) is 6.13. The predicted molar refractivity (Wildman–Crippen MR) is 126 cm³/mol. The van der Waals surface area contributed by atoms with Crippen LogP contribution in [0, 0.1) is 11.3 Å². The highest BCUT2D eigenvalue weighted by molar-refractivity contribution is 5.93. The molecular formula is C27H30N2O5. The molecule has 7 nitrogen and oxygen atoms in total. The molecule has 2 bridgehead atoms. The van der Waals surface area contributed by atoms with Gasteiger partial charge in [0.15, 0.2) is 0 Å². The Labute approximate surface area is 199 Å². The molecule has 2 saturated heterocycles. The summed E-state index contributed by atoms with van der Waals surface area (Å²) in [5.74, 6) is -1.19. The van der Waals surface area contributed by atoms with Gasteiger partial charge in [-0.05, 0) is 46.4 Å². The fraction of sp³-hybridized carbons (Fsp3) is 0.444. The molecule has 178 valence electrons. The van der Waals surface area contributed by atoms with E-state index in [0.29, 0.717) is 19.4 Å². The molecule has 6 rings (SSSR count). The fourth-order valence-corrected chi connectivity index (χ4v) is 5.83. The number of carboxylic acid groups (broad SMARTS) is 1. The van der Waals surface area contributed by atoms with Crippen molar-refractivity contribution in [1.82, 2.24) is 10.2 Å². The molecule has 2 N–H and O–H groups in total. The Hall–Kier alpha value is -3.35. The minimum Gasteiger partial charge on any atom is -0.479 e. The van der Waals surface area contributed by atoms with Crippen molar-refractivity contribution >= 4 is 18.0 Å². The van der Waals surface area contributed by atoms with E-state index in [-0.39, 0.29) is 24.3 Å². The summed E-state index contributed by atoms with van der Waals surface area (Å²) in [4.78, 5) is 39.7. The first-order valence-corrected chi connectivity index (χ1v) is 11.8. The van der Waals surface area contributed by atoms with Gasteiger partial charge in [0.2, 0.25) is 5.91 Å². The van der Waals surface area contributed by atoms with Gasteiger partial charge in [-0.2, -0.15) is 0 Å². The molecule has 3 fully saturated rings. The van der Waals surface area contributed by atoms with E-state index in [1.54, 1.807) is 0 Å². The number of carboxylic acids is 1. The molecule has 1 saturated carbocycles. The van der Waals surface area contributed by atoms with Crippen LogP contribution in [0.25, 0.3) is 11.1 Å². The van der Waals surface area contributed by atoms with Gasteiger partial charge in [0.05, 0.1) is 0 Å². The molecule has 34 heavy (non-hydrogen) atoms. The van der Waals surface area contributed by atoms with Crippen LogP contribution in [-0.4, -0.2) is 52.7 Å². The lowest BCUT2D eigenvalue weighted by Gasteiger charge is -2.41. The van der Waals surface area contributed by atoms with E-state index < -0.39 is 29.1 Å². The monoisotopic (exact) mass is 462 g/mol. The van der Waals surface area contributed by atoms with Crippen molar-refractivity contribution in [3.8, 4) is 11.1 Å². The molecule has 0 spiro atoms. The van der Waals surface area contributed by atoms with Crippen molar-refractivity contribution in [2.45, 2.75) is 51.1 Å². The number of rotatable bonds is 5. The molecule has 2 aliphatic heterocycles. The number of hydrogen-bond acceptors (Lipinski definition) is 4. The first-order chi connectivity index (χ1) is 16.1. The third-order valence-electron chi connectivity index (χ3n) is 7.59. The highest BCUT2D eigenvalue weighted by atomic mass is 16.5. The Bertz CT molecular complexity index is 1120. The van der Waals surface area contributed by atoms with Crippen LogP contribution < -0.4 is 5.32 Å². The van der Waals surface area contributed by atoms with Crippen molar-refractivity contribution in [2.75, 3.05) is 13.2 Å². The average molecular weight is 463 g/mol. The Kier molecular flexibility index (Phi) is 5.19. The van der Waals surface area contributed by atoms with Gasteiger partial charge in [-0.1, -0.05) is 69.3 Å². The predicted octanol–water partition coefficient (Wildman–Crippen LogP) is 4.02. The molecule has 0 aromatic heterocycles. The largest absolute Gasteiger partial charge is 0.479 e. The number of amides is 2. The third kappa shape index (κ3) is 3.45. The summed E-state index contributed by atoms with van der Waals surface area (Å²) >= 11 is 0. The fourth-order valence-electron chi connectivity index (χ4n) is 5.83. The minimum absolute atomic E-state index is 0.0805. The van der Waals surface area contributed by atoms with E-state index in [0.717, 1.165) is 22.3 Å². The number of benzene rings is 2. The van der Waals surface area contributed by atoms with Gasteiger partial charge in [0.1, 0.15) is 18.2 Å². The SMILES string of the molecule is CC(C)(C)C(NC(=O)OCC1c2ccccc2-c2ccccc21)C(=O)N1CC2CC1(C(=O)O)C2. The maximum Gasteiger partial charge on any atom is 0.407 e. The normalized spacial score (nSPS) is 23.5. The molecule has 2 amide bonds. The highest BCUT2D eigenvalue weighted by Crippen LogP contribution is 2.51. The van der Waals surface area contributed by atoms with Gasteiger partial charge < -0.3 is 20.1 Å². The number of carbonyl (C=O) groups is 3. The number of hydrogen-bond donors (Lipinski definition) is 2. The number of ether oxygens (including phenoxy) is 1. The second kappa shape index (κ2) is 7.86. The van der Waals surface area contributed by atoms with Crippen molar-refractivity contribution < 1.29 is 24.2 Å². The lowest BCUT2D eigenvalue weighted by molar-refractivity contribution is -0.160. The average Bonchev–Trinajstić information content (AvgIpc) is 3.43. The van der Waals surface area contributed by atoms with Gasteiger partial charge in [0.25, 0.3) is 0 Å². The van der Waals surface area contributed by atoms with Crippen LogP contribution in [0.3, 0.4) is 0 Å². The minimum atomic E-state index is -1.13. The summed E-state index contributed by atoms with van der Waals surface area (Å²) < 4.78 is 5.65. The Balaban J connectivity index is 1.30. The quantitative estimate of drug-likeness (QED) is 0.700. The van der Waals surface area contributed by atoms with Crippen molar-refractivity contribution in [3.63, 3.8) is 0 Å². The van der Waals surface area contributed by atoms with Crippen molar-refractivity contribution in [2.24, 2.45) is 11.3 Å². The molecule has 1 unspecified atom stereocenters. The number of carbonyl (C=O) groups excluding carboxylic acids is 2. The smallest absolute Gasteiger partial charge is 0.407 e. The molecule has 0 radical (unpaired) electrons. The standard InChI is InChI=1S/C27H30N2O5/c1-26(2,3)22(23(30)29-14-16-12-27(29,13-16)24(31)32)28-25(33)34-15-21-19-10-6-4-8-17(19)18-9-5-7-11-20(18)21/h4-11,16,21-22H,12-15H2,1-3H3,(H,28,33)(H,31,32). The molecule has 2 aromatic carbocycles. The Morgan fingerprint density at radius 2 is 1.62 bits per heavy atom. The van der Waals surface area contributed by atoms with Gasteiger partial charge in [0, 0.05) is 12.5 Å². The van der Waals surface area contributed by atoms with E-state index in [2.05, 4.69) is 17.4 Å². The topological polar surface area (TPSA) is 95.9 Å². The molecule has 1 atom stereocenters. The van der Waals surface area contributed by atoms with Gasteiger partial charge >= 0.3 is 12.1 Å². The zero-order chi connectivity index (χ0) is 24.3. The van der Waals surface area contributed by atoms with Crippen LogP contribution >= 0.6 is 0 Å². The zero-order valence-corrected chi connectivity index (χ0v) is 19.7. The zero-order valence-electron chi connectivity index (χ0n) is 19.7. The Morgan fingerprint density at radius 1 is 1.06 bits per heavy atom. The van der Waals surface area contributed by atoms with E-state index in [9.17, 15) is 19.5 Å². The van der Waals surface area contributed by atoms with Crippen LogP contribution in [0.15, 0.2) is 48.5 Å². The molecule has 4 aliphatic rings. The number of nitrogens with one attached hydrogen (secondary N) is 1. The number of fused-ring (bicyclic) bond motifs is 4. The lowest BCUT2D eigenvalue weighted by Crippen LogP contribution is -2.61. The summed E-state index contributed by atoms with van der Waals surface area (Å²) in [7, 11) is 0. The first-order valence-electron chi connectivity index (χ1n) is 11.8. The van der Waals surface area contributed by atoms with Crippen molar-refractivity contribution in [1.29, 1.82) is 0 Å². The molecule has 7 heteroatoms. The lowest BCUT2D eigenvalue weighted by atomic mass is 9.73. The van der Waals surface area contributed by atoms with E-state index in [1.165, 1.54) is 4.90 Å². The van der Waals surface area contributed by atoms with E-state index in [4.69, 9.17) is 4.74 Å². The van der Waals surface area contributed by atoms with Gasteiger partial charge in [-0.25, -0.2) is 9.59 Å². The van der Waals surface area contributed by atoms with Crippen LogP contribution in [0.5, 0.6) is 0 Å². The van der Waals surface area contributed by atoms with Gasteiger partial charge in [-0.3, -0.25) is 4.79 Å². The van der Waals surface area contributed by atoms with Crippen LogP contribution in [0.1, 0.15) is 50.7 Å². The summed E-state index contributed by atoms with van der Waals surface area (Å²) in [6, 6.07) is 15.3. The first kappa shape index (κ1) is 22.4. The molecule has 2 aliphatic carbocycles. The number of alkyl carbamates (subject to hydrolysis) is 1. The van der Waals surface area contributed by atoms with Crippen LogP contribution in [0.4, 0.5) is 4.79 Å². The number of nitrogens with zero attached hydrogens (tertiary/aromatic N) is 1. The molecular weight excluding hydrogens is 432 g/mol. The second-order valence-electron chi connectivity index (χ2n) is 10.8. The highest BCUT2D eigenvalue weighted by Gasteiger charge is 2.63. The summed E-state index contributed by atoms with van der Waals surface area (Å²) in [6.07, 6.45) is 0.289. The van der Waals surface area contributed by atoms with Gasteiger partial charge in [-0.15, -0.1) is 0 Å². The van der Waals surface area contributed by atoms with Crippen LogP contribution in [-0.2, 0) is 14.3 Å². The third-order valence-corrected chi connectivity index (χ3v) is 7.59. The van der Waals surface area contributed by atoms with E-state index >= 15 is 0 Å². The second-order valence-corrected chi connectivity index (χ2v) is 10.8. The maximum atomic E-state index is 13.5. The van der Waals surface area contributed by atoms with Crippen molar-refractivity contribution in [3.05, 3.63) is 59.7 Å². The van der Waals surface area contributed by atoms with Crippen LogP contribution in [0.2, 0.25) is 0 Å². The summed E-state index contributed by atoms with van der Waals surface area (Å²) in [5, 5.41) is 12.5. The summed E-state index contributed by atoms with van der Waals surface area (Å²) in [5.41, 5.74) is 2.76. The molecule has 2 aromatic rings. The Morgan fingerprint density at radius 3 is 2.15 bits per heavy atom. The maximum absolute atomic E-state index is 13.5. The number of aliphatic carboxylic acids is 1.